The minimum absolute atomic E-state index is 0.00417. The molecule has 16 heavy (non-hydrogen) atoms. The predicted molar refractivity (Wildman–Crippen MR) is 48.6 cm³/mol. The second-order valence-corrected chi connectivity index (χ2v) is 2.92. The molecule has 0 saturated heterocycles. The lowest BCUT2D eigenvalue weighted by Crippen LogP contribution is -2.09. The van der Waals surface area contributed by atoms with Crippen LogP contribution in [0.2, 0.25) is 0 Å². The lowest BCUT2D eigenvalue weighted by atomic mass is 10.4. The molecule has 0 saturated carbocycles. The fourth-order valence-electron chi connectivity index (χ4n) is 1.06. The molecule has 2 rings (SSSR count). The molecule has 0 aliphatic carbocycles. The zero-order valence-corrected chi connectivity index (χ0v) is 7.81. The second-order valence-electron chi connectivity index (χ2n) is 2.92. The number of anilines is 1. The van der Waals surface area contributed by atoms with Crippen LogP contribution in [0.5, 0.6) is 0 Å². The van der Waals surface area contributed by atoms with Crippen molar-refractivity contribution >= 4 is 5.82 Å². The Morgan fingerprint density at radius 3 is 2.56 bits per heavy atom. The third-order valence-corrected chi connectivity index (χ3v) is 1.75. The van der Waals surface area contributed by atoms with Crippen LogP contribution in [0, 0.1) is 0 Å². The normalized spacial score (nSPS) is 11.7. The molecule has 0 radical (unpaired) electrons. The monoisotopic (exact) mass is 229 g/mol. The van der Waals surface area contributed by atoms with Gasteiger partial charge in [-0.2, -0.15) is 23.3 Å². The zero-order valence-electron chi connectivity index (χ0n) is 7.81. The summed E-state index contributed by atoms with van der Waals surface area (Å²) in [5.74, 6) is 0.157. The Morgan fingerprint density at radius 2 is 2.00 bits per heavy atom. The van der Waals surface area contributed by atoms with E-state index >= 15 is 0 Å². The molecule has 8 heteroatoms. The lowest BCUT2D eigenvalue weighted by Gasteiger charge is -2.01. The average Bonchev–Trinajstić information content (AvgIpc) is 2.65. The third-order valence-electron chi connectivity index (χ3n) is 1.75. The van der Waals surface area contributed by atoms with Gasteiger partial charge >= 0.3 is 6.18 Å². The van der Waals surface area contributed by atoms with Gasteiger partial charge in [0, 0.05) is 12.4 Å². The van der Waals surface area contributed by atoms with Crippen molar-refractivity contribution in [3.05, 3.63) is 30.2 Å². The molecule has 2 aromatic heterocycles. The highest BCUT2D eigenvalue weighted by Crippen LogP contribution is 2.27. The smallest absolute Gasteiger partial charge is 0.384 e. The van der Waals surface area contributed by atoms with E-state index in [1.54, 1.807) is 0 Å². The minimum atomic E-state index is -4.48. The Morgan fingerprint density at radius 1 is 1.25 bits per heavy atom. The SMILES string of the molecule is Nc1ccnc(-n2ccc(C(F)(F)F)n2)n1. The molecule has 0 bridgehead atoms. The molecule has 0 amide bonds. The first-order valence-corrected chi connectivity index (χ1v) is 4.18. The number of alkyl halides is 3. The number of hydrogen-bond donors (Lipinski definition) is 1. The van der Waals surface area contributed by atoms with Crippen molar-refractivity contribution in [1.82, 2.24) is 19.7 Å². The van der Waals surface area contributed by atoms with Gasteiger partial charge in [-0.1, -0.05) is 0 Å². The van der Waals surface area contributed by atoms with Crippen molar-refractivity contribution in [2.45, 2.75) is 6.18 Å². The fraction of sp³-hybridized carbons (Fsp3) is 0.125. The van der Waals surface area contributed by atoms with E-state index in [9.17, 15) is 13.2 Å². The maximum Gasteiger partial charge on any atom is 0.435 e. The Bertz CT molecular complexity index is 504. The Hall–Kier alpha value is -2.12. The minimum Gasteiger partial charge on any atom is -0.384 e. The van der Waals surface area contributed by atoms with Gasteiger partial charge in [-0.05, 0) is 12.1 Å². The molecule has 0 unspecified atom stereocenters. The summed E-state index contributed by atoms with van der Waals surface area (Å²) in [6.45, 7) is 0. The molecule has 0 aliphatic heterocycles. The zero-order chi connectivity index (χ0) is 11.8. The van der Waals surface area contributed by atoms with E-state index in [4.69, 9.17) is 5.73 Å². The van der Waals surface area contributed by atoms with E-state index in [1.165, 1.54) is 12.3 Å². The molecule has 0 atom stereocenters. The second kappa shape index (κ2) is 3.47. The predicted octanol–water partition coefficient (Wildman–Crippen LogP) is 1.26. The van der Waals surface area contributed by atoms with Gasteiger partial charge in [-0.3, -0.25) is 0 Å². The lowest BCUT2D eigenvalue weighted by molar-refractivity contribution is -0.141. The van der Waals surface area contributed by atoms with Crippen LogP contribution in [0.25, 0.3) is 5.95 Å². The molecule has 2 aromatic rings. The number of halogens is 3. The van der Waals surface area contributed by atoms with Gasteiger partial charge in [0.25, 0.3) is 5.95 Å². The van der Waals surface area contributed by atoms with Crippen molar-refractivity contribution in [2.75, 3.05) is 5.73 Å². The number of hydrogen-bond acceptors (Lipinski definition) is 4. The standard InChI is InChI=1S/C8H6F3N5/c9-8(10,11)5-2-4-16(15-5)7-13-3-1-6(12)14-7/h1-4H,(H2,12,13,14). The summed E-state index contributed by atoms with van der Waals surface area (Å²) in [6, 6.07) is 2.27. The Balaban J connectivity index is 2.39. The largest absolute Gasteiger partial charge is 0.435 e. The van der Waals surface area contributed by atoms with E-state index in [-0.39, 0.29) is 11.8 Å². The molecule has 0 spiro atoms. The van der Waals surface area contributed by atoms with E-state index in [0.29, 0.717) is 0 Å². The van der Waals surface area contributed by atoms with Crippen molar-refractivity contribution in [3.63, 3.8) is 0 Å². The first-order chi connectivity index (χ1) is 7.47. The molecule has 0 aliphatic rings. The van der Waals surface area contributed by atoms with Crippen LogP contribution in [-0.4, -0.2) is 19.7 Å². The number of nitrogens with zero attached hydrogens (tertiary/aromatic N) is 4. The molecule has 2 heterocycles. The van der Waals surface area contributed by atoms with Gasteiger partial charge in [0.2, 0.25) is 0 Å². The summed E-state index contributed by atoms with van der Waals surface area (Å²) in [6.07, 6.45) is -2.02. The number of rotatable bonds is 1. The number of nitrogens with two attached hydrogens (primary N) is 1. The van der Waals surface area contributed by atoms with E-state index in [1.807, 2.05) is 0 Å². The highest BCUT2D eigenvalue weighted by Gasteiger charge is 2.33. The summed E-state index contributed by atoms with van der Waals surface area (Å²) in [5.41, 5.74) is 4.37. The van der Waals surface area contributed by atoms with Crippen LogP contribution in [-0.2, 0) is 6.18 Å². The number of aromatic nitrogens is 4. The molecule has 5 nitrogen and oxygen atoms in total. The van der Waals surface area contributed by atoms with Gasteiger partial charge in [0.05, 0.1) is 0 Å². The molecule has 84 valence electrons. The Labute approximate surface area is 87.7 Å². The maximum absolute atomic E-state index is 12.3. The Kier molecular flexibility index (Phi) is 2.26. The highest BCUT2D eigenvalue weighted by molar-refractivity contribution is 5.29. The number of nitrogen functional groups attached to an aromatic ring is 1. The maximum atomic E-state index is 12.3. The van der Waals surface area contributed by atoms with Crippen molar-refractivity contribution in [3.8, 4) is 5.95 Å². The van der Waals surface area contributed by atoms with Crippen LogP contribution >= 0.6 is 0 Å². The van der Waals surface area contributed by atoms with E-state index in [0.717, 1.165) is 16.9 Å². The highest BCUT2D eigenvalue weighted by atomic mass is 19.4. The first kappa shape index (κ1) is 10.4. The molecular formula is C8H6F3N5. The third kappa shape index (κ3) is 1.95. The van der Waals surface area contributed by atoms with Crippen LogP contribution in [0.4, 0.5) is 19.0 Å². The average molecular weight is 229 g/mol. The van der Waals surface area contributed by atoms with Crippen molar-refractivity contribution in [2.24, 2.45) is 0 Å². The van der Waals surface area contributed by atoms with Gasteiger partial charge in [0.1, 0.15) is 5.82 Å². The van der Waals surface area contributed by atoms with Crippen LogP contribution in [0.1, 0.15) is 5.69 Å². The molecular weight excluding hydrogens is 223 g/mol. The first-order valence-electron chi connectivity index (χ1n) is 4.18. The summed E-state index contributed by atoms with van der Waals surface area (Å²) in [7, 11) is 0. The molecule has 0 aromatic carbocycles. The quantitative estimate of drug-likeness (QED) is 0.799. The molecule has 0 fully saturated rings. The summed E-state index contributed by atoms with van der Waals surface area (Å²) in [4.78, 5) is 7.49. The van der Waals surface area contributed by atoms with Crippen LogP contribution in [0.15, 0.2) is 24.5 Å². The van der Waals surface area contributed by atoms with Gasteiger partial charge in [0.15, 0.2) is 5.69 Å². The fourth-order valence-corrected chi connectivity index (χ4v) is 1.06. The summed E-state index contributed by atoms with van der Waals surface area (Å²) >= 11 is 0. The van der Waals surface area contributed by atoms with Gasteiger partial charge in [-0.15, -0.1) is 0 Å². The van der Waals surface area contributed by atoms with Crippen molar-refractivity contribution < 1.29 is 13.2 Å². The van der Waals surface area contributed by atoms with E-state index < -0.39 is 11.9 Å². The topological polar surface area (TPSA) is 69.6 Å². The summed E-state index contributed by atoms with van der Waals surface area (Å²) < 4.78 is 37.7. The van der Waals surface area contributed by atoms with Crippen molar-refractivity contribution in [1.29, 1.82) is 0 Å². The molecule has 2 N–H and O–H groups in total. The van der Waals surface area contributed by atoms with E-state index in [2.05, 4.69) is 15.1 Å². The summed E-state index contributed by atoms with van der Waals surface area (Å²) in [5, 5.41) is 3.30. The van der Waals surface area contributed by atoms with Crippen LogP contribution < -0.4 is 5.73 Å². The van der Waals surface area contributed by atoms with Gasteiger partial charge < -0.3 is 5.73 Å². The van der Waals surface area contributed by atoms with Crippen LogP contribution in [0.3, 0.4) is 0 Å². The van der Waals surface area contributed by atoms with Gasteiger partial charge in [-0.25, -0.2) is 9.67 Å².